The lowest BCUT2D eigenvalue weighted by Crippen LogP contribution is -2.50. The Morgan fingerprint density at radius 1 is 1.25 bits per heavy atom. The van der Waals surface area contributed by atoms with Gasteiger partial charge in [-0.25, -0.2) is 9.79 Å². The molecule has 2 N–H and O–H groups in total. The zero-order chi connectivity index (χ0) is 22.2. The first-order chi connectivity index (χ1) is 15.0. The number of guanidine groups is 1. The molecule has 1 amide bonds. The Labute approximate surface area is 207 Å². The van der Waals surface area contributed by atoms with E-state index in [4.69, 9.17) is 9.73 Å². The highest BCUT2D eigenvalue weighted by atomic mass is 127. The molecule has 3 rings (SSSR count). The number of halogens is 1. The van der Waals surface area contributed by atoms with E-state index in [0.717, 1.165) is 30.5 Å². The van der Waals surface area contributed by atoms with Crippen molar-refractivity contribution in [2.45, 2.75) is 52.2 Å². The second-order valence-corrected chi connectivity index (χ2v) is 7.77. The van der Waals surface area contributed by atoms with Crippen LogP contribution in [0.25, 0.3) is 0 Å². The smallest absolute Gasteiger partial charge is 0.409 e. The third-order valence-electron chi connectivity index (χ3n) is 5.58. The average molecular weight is 555 g/mol. The summed E-state index contributed by atoms with van der Waals surface area (Å²) in [5.41, 5.74) is 1.18. The van der Waals surface area contributed by atoms with Gasteiger partial charge in [-0.2, -0.15) is 0 Å². The quantitative estimate of drug-likeness (QED) is 0.323. The Balaban J connectivity index is 0.00000363. The summed E-state index contributed by atoms with van der Waals surface area (Å²) in [7, 11) is 1.94. The van der Waals surface area contributed by atoms with Gasteiger partial charge in [-0.15, -0.1) is 34.2 Å². The second kappa shape index (κ2) is 12.6. The van der Waals surface area contributed by atoms with Crippen LogP contribution in [0.4, 0.5) is 4.79 Å². The number of carbonyl (C=O) groups is 1. The number of benzene rings is 1. The summed E-state index contributed by atoms with van der Waals surface area (Å²) >= 11 is 0. The van der Waals surface area contributed by atoms with E-state index in [1.165, 1.54) is 5.56 Å². The number of amides is 1. The SMILES string of the molecule is CCOC(=O)N1CCC(NC(=NCc2nnc(C)n2C)NC(C)c2ccccc2)CC1.I. The normalized spacial score (nSPS) is 15.6. The van der Waals surface area contributed by atoms with E-state index < -0.39 is 0 Å². The van der Waals surface area contributed by atoms with Crippen LogP contribution in [0.5, 0.6) is 0 Å². The van der Waals surface area contributed by atoms with Crippen molar-refractivity contribution in [2.24, 2.45) is 12.0 Å². The minimum Gasteiger partial charge on any atom is -0.450 e. The number of carbonyl (C=O) groups excluding carboxylic acids is 1. The number of aromatic nitrogens is 3. The van der Waals surface area contributed by atoms with Gasteiger partial charge < -0.3 is 24.8 Å². The van der Waals surface area contributed by atoms with Gasteiger partial charge in [0.1, 0.15) is 12.4 Å². The number of aliphatic imine (C=N–C) groups is 1. The van der Waals surface area contributed by atoms with Crippen LogP contribution in [0.2, 0.25) is 0 Å². The summed E-state index contributed by atoms with van der Waals surface area (Å²) in [5, 5.41) is 15.4. The van der Waals surface area contributed by atoms with E-state index in [1.54, 1.807) is 4.90 Å². The van der Waals surface area contributed by atoms with Crippen LogP contribution in [-0.4, -0.2) is 57.5 Å². The fourth-order valence-corrected chi connectivity index (χ4v) is 3.52. The van der Waals surface area contributed by atoms with Crippen molar-refractivity contribution in [3.63, 3.8) is 0 Å². The number of hydrogen-bond donors (Lipinski definition) is 2. The Morgan fingerprint density at radius 2 is 1.94 bits per heavy atom. The maximum Gasteiger partial charge on any atom is 0.409 e. The molecule has 0 saturated carbocycles. The molecule has 1 aromatic heterocycles. The summed E-state index contributed by atoms with van der Waals surface area (Å²) in [6, 6.07) is 10.6. The van der Waals surface area contributed by atoms with E-state index in [1.807, 2.05) is 43.7 Å². The van der Waals surface area contributed by atoms with Gasteiger partial charge in [0.05, 0.1) is 12.6 Å². The number of hydrogen-bond acceptors (Lipinski definition) is 5. The second-order valence-electron chi connectivity index (χ2n) is 7.77. The van der Waals surface area contributed by atoms with E-state index in [-0.39, 0.29) is 42.2 Å². The molecular weight excluding hydrogens is 521 g/mol. The van der Waals surface area contributed by atoms with Crippen LogP contribution >= 0.6 is 24.0 Å². The van der Waals surface area contributed by atoms with Crippen LogP contribution in [0.15, 0.2) is 35.3 Å². The van der Waals surface area contributed by atoms with Crippen molar-refractivity contribution >= 4 is 36.0 Å². The zero-order valence-corrected chi connectivity index (χ0v) is 21.6. The largest absolute Gasteiger partial charge is 0.450 e. The molecule has 1 saturated heterocycles. The summed E-state index contributed by atoms with van der Waals surface area (Å²) < 4.78 is 7.06. The molecule has 176 valence electrons. The van der Waals surface area contributed by atoms with E-state index in [9.17, 15) is 4.79 Å². The molecule has 10 heteroatoms. The van der Waals surface area contributed by atoms with Gasteiger partial charge in [0.2, 0.25) is 0 Å². The maximum absolute atomic E-state index is 12.0. The lowest BCUT2D eigenvalue weighted by molar-refractivity contribution is 0.0963. The predicted molar refractivity (Wildman–Crippen MR) is 135 cm³/mol. The molecule has 0 spiro atoms. The predicted octanol–water partition coefficient (Wildman–Crippen LogP) is 3.16. The molecule has 1 aromatic carbocycles. The maximum atomic E-state index is 12.0. The van der Waals surface area contributed by atoms with Crippen LogP contribution in [0.3, 0.4) is 0 Å². The molecule has 9 nitrogen and oxygen atoms in total. The first-order valence-corrected chi connectivity index (χ1v) is 10.9. The Morgan fingerprint density at radius 3 is 2.53 bits per heavy atom. The van der Waals surface area contributed by atoms with Crippen molar-refractivity contribution in [1.29, 1.82) is 0 Å². The number of ether oxygens (including phenoxy) is 1. The van der Waals surface area contributed by atoms with Crippen LogP contribution in [0, 0.1) is 6.92 Å². The molecule has 0 radical (unpaired) electrons. The monoisotopic (exact) mass is 555 g/mol. The number of nitrogens with one attached hydrogen (secondary N) is 2. The molecule has 1 aliphatic heterocycles. The molecule has 0 bridgehead atoms. The summed E-state index contributed by atoms with van der Waals surface area (Å²) in [4.78, 5) is 18.5. The van der Waals surface area contributed by atoms with Gasteiger partial charge in [-0.05, 0) is 39.2 Å². The van der Waals surface area contributed by atoms with Crippen molar-refractivity contribution in [3.05, 3.63) is 47.5 Å². The van der Waals surface area contributed by atoms with Crippen molar-refractivity contribution < 1.29 is 9.53 Å². The van der Waals surface area contributed by atoms with Gasteiger partial charge in [-0.3, -0.25) is 0 Å². The highest BCUT2D eigenvalue weighted by molar-refractivity contribution is 14.0. The third-order valence-corrected chi connectivity index (χ3v) is 5.58. The standard InChI is InChI=1S/C22H33N7O2.HI/c1-5-31-22(30)29-13-11-19(12-14-29)25-21(23-15-20-27-26-17(3)28(20)4)24-16(2)18-9-7-6-8-10-18;/h6-10,16,19H,5,11-15H2,1-4H3,(H2,23,24,25);1H. The fraction of sp³-hybridized carbons (Fsp3) is 0.545. The number of nitrogens with zero attached hydrogens (tertiary/aromatic N) is 5. The van der Waals surface area contributed by atoms with Crippen molar-refractivity contribution in [3.8, 4) is 0 Å². The first-order valence-electron chi connectivity index (χ1n) is 10.9. The molecule has 1 aliphatic rings. The minimum atomic E-state index is -0.233. The van der Waals surface area contributed by atoms with Gasteiger partial charge in [-0.1, -0.05) is 30.3 Å². The lowest BCUT2D eigenvalue weighted by atomic mass is 10.1. The number of aryl methyl sites for hydroxylation is 1. The van der Waals surface area contributed by atoms with Crippen LogP contribution < -0.4 is 10.6 Å². The van der Waals surface area contributed by atoms with Crippen molar-refractivity contribution in [2.75, 3.05) is 19.7 Å². The van der Waals surface area contributed by atoms with Crippen molar-refractivity contribution in [1.82, 2.24) is 30.3 Å². The van der Waals surface area contributed by atoms with Gasteiger partial charge in [0, 0.05) is 26.2 Å². The lowest BCUT2D eigenvalue weighted by Gasteiger charge is -2.33. The number of rotatable bonds is 6. The summed E-state index contributed by atoms with van der Waals surface area (Å²) in [6.07, 6.45) is 1.44. The Kier molecular flexibility index (Phi) is 10.2. The molecule has 1 unspecified atom stereocenters. The topological polar surface area (TPSA) is 96.7 Å². The molecule has 32 heavy (non-hydrogen) atoms. The third kappa shape index (κ3) is 7.07. The highest BCUT2D eigenvalue weighted by Gasteiger charge is 2.24. The molecule has 1 atom stereocenters. The van der Waals surface area contributed by atoms with E-state index in [2.05, 4.69) is 39.9 Å². The minimum absolute atomic E-state index is 0. The van der Waals surface area contributed by atoms with E-state index in [0.29, 0.717) is 26.2 Å². The van der Waals surface area contributed by atoms with Crippen LogP contribution in [-0.2, 0) is 18.3 Å². The Hall–Kier alpha value is -2.37. The molecule has 0 aliphatic carbocycles. The van der Waals surface area contributed by atoms with Gasteiger partial charge in [0.25, 0.3) is 0 Å². The zero-order valence-electron chi connectivity index (χ0n) is 19.2. The Bertz CT molecular complexity index is 880. The first kappa shape index (κ1) is 25.9. The summed E-state index contributed by atoms with van der Waals surface area (Å²) in [6.45, 7) is 8.02. The van der Waals surface area contributed by atoms with E-state index >= 15 is 0 Å². The molecule has 2 heterocycles. The molecular formula is C22H34IN7O2. The summed E-state index contributed by atoms with van der Waals surface area (Å²) in [5.74, 6) is 2.39. The average Bonchev–Trinajstić information content (AvgIpc) is 3.11. The fourth-order valence-electron chi connectivity index (χ4n) is 3.52. The number of likely N-dealkylation sites (tertiary alicyclic amines) is 1. The van der Waals surface area contributed by atoms with Crippen LogP contribution in [0.1, 0.15) is 49.9 Å². The molecule has 1 fully saturated rings. The molecule has 2 aromatic rings. The number of piperidine rings is 1. The van der Waals surface area contributed by atoms with Gasteiger partial charge >= 0.3 is 6.09 Å². The highest BCUT2D eigenvalue weighted by Crippen LogP contribution is 2.14. The van der Waals surface area contributed by atoms with Gasteiger partial charge in [0.15, 0.2) is 11.8 Å².